The molecule has 8 heteroatoms. The van der Waals surface area contributed by atoms with Crippen molar-refractivity contribution in [2.75, 3.05) is 11.9 Å². The Morgan fingerprint density at radius 3 is 2.96 bits per heavy atom. The van der Waals surface area contributed by atoms with Gasteiger partial charge in [-0.2, -0.15) is 5.26 Å². The number of rotatable bonds is 4. The molecule has 7 nitrogen and oxygen atoms in total. The Hall–Kier alpha value is -2.69. The van der Waals surface area contributed by atoms with Crippen LogP contribution >= 0.6 is 11.6 Å². The summed E-state index contributed by atoms with van der Waals surface area (Å²) < 4.78 is 0. The molecule has 1 atom stereocenters. The largest absolute Gasteiger partial charge is 0.388 e. The lowest BCUT2D eigenvalue weighted by Crippen LogP contribution is -2.33. The van der Waals surface area contributed by atoms with Gasteiger partial charge in [0.1, 0.15) is 0 Å². The molecule has 142 valence electrons. The van der Waals surface area contributed by atoms with Crippen LogP contribution in [-0.4, -0.2) is 44.1 Å². The van der Waals surface area contributed by atoms with Crippen LogP contribution in [0.25, 0.3) is 0 Å². The van der Waals surface area contributed by atoms with E-state index < -0.39 is 5.60 Å². The number of nitriles is 1. The number of nitrogens with one attached hydrogen (secondary N) is 1. The van der Waals surface area contributed by atoms with E-state index in [-0.39, 0.29) is 11.9 Å². The number of halogens is 1. The Labute approximate surface area is 167 Å². The van der Waals surface area contributed by atoms with Crippen molar-refractivity contribution in [2.24, 2.45) is 0 Å². The van der Waals surface area contributed by atoms with E-state index in [0.29, 0.717) is 47.3 Å². The second-order valence-corrected chi connectivity index (χ2v) is 8.33. The minimum Gasteiger partial charge on any atom is -0.388 e. The fourth-order valence-corrected chi connectivity index (χ4v) is 4.32. The third-order valence-electron chi connectivity index (χ3n) is 5.72. The molecule has 0 radical (unpaired) electrons. The van der Waals surface area contributed by atoms with E-state index >= 15 is 0 Å². The summed E-state index contributed by atoms with van der Waals surface area (Å²) in [6.45, 7) is 0.743. The number of carbonyl (C=O) groups is 1. The molecule has 28 heavy (non-hydrogen) atoms. The molecule has 2 heterocycles. The first kappa shape index (κ1) is 17.4. The number of amides is 1. The van der Waals surface area contributed by atoms with E-state index in [9.17, 15) is 15.2 Å². The van der Waals surface area contributed by atoms with E-state index in [2.05, 4.69) is 21.4 Å². The molecule has 1 unspecified atom stereocenters. The van der Waals surface area contributed by atoms with Gasteiger partial charge in [0.15, 0.2) is 0 Å². The molecule has 3 aliphatic rings. The van der Waals surface area contributed by atoms with Crippen molar-refractivity contribution in [3.05, 3.63) is 51.3 Å². The standard InChI is InChI=1S/C20H18ClN5O2/c21-13-3-11-5-14(6-15(11)12(4-13)7-22)24-19-23-8-16-17(25-19)9-26(18(16)27)10-20(28)1-2-20/h3-4,8,14,28H,1-2,5-6,9-10H2,(H,23,24,25). The second kappa shape index (κ2) is 6.16. The summed E-state index contributed by atoms with van der Waals surface area (Å²) in [5.41, 5.74) is 3.17. The van der Waals surface area contributed by atoms with Crippen molar-refractivity contribution in [2.45, 2.75) is 43.9 Å². The third kappa shape index (κ3) is 2.99. The molecule has 1 saturated carbocycles. The van der Waals surface area contributed by atoms with Gasteiger partial charge in [0.25, 0.3) is 5.91 Å². The first-order valence-corrected chi connectivity index (χ1v) is 9.67. The average molecular weight is 396 g/mol. The smallest absolute Gasteiger partial charge is 0.257 e. The van der Waals surface area contributed by atoms with Crippen LogP contribution in [0.15, 0.2) is 18.3 Å². The van der Waals surface area contributed by atoms with Crippen molar-refractivity contribution in [3.63, 3.8) is 0 Å². The van der Waals surface area contributed by atoms with E-state index in [1.165, 1.54) is 0 Å². The average Bonchev–Trinajstić information content (AvgIpc) is 3.12. The number of carbonyl (C=O) groups excluding carboxylic acids is 1. The first-order chi connectivity index (χ1) is 13.4. The molecular formula is C20H18ClN5O2. The summed E-state index contributed by atoms with van der Waals surface area (Å²) in [5, 5.41) is 23.3. The van der Waals surface area contributed by atoms with E-state index in [1.807, 2.05) is 6.07 Å². The van der Waals surface area contributed by atoms with Crippen LogP contribution in [0.5, 0.6) is 0 Å². The zero-order valence-electron chi connectivity index (χ0n) is 15.1. The van der Waals surface area contributed by atoms with Crippen LogP contribution in [0.4, 0.5) is 5.95 Å². The van der Waals surface area contributed by atoms with Crippen molar-refractivity contribution in [1.29, 1.82) is 5.26 Å². The SMILES string of the molecule is N#Cc1cc(Cl)cc2c1CC(Nc1ncc3c(n1)CN(CC1(O)CC1)C3=O)C2. The molecule has 2 aromatic rings. The molecule has 1 amide bonds. The summed E-state index contributed by atoms with van der Waals surface area (Å²) in [5.74, 6) is 0.351. The fraction of sp³-hybridized carbons (Fsp3) is 0.400. The Balaban J connectivity index is 1.31. The topological polar surface area (TPSA) is 102 Å². The number of fused-ring (bicyclic) bond motifs is 2. The van der Waals surface area contributed by atoms with Gasteiger partial charge in [-0.15, -0.1) is 0 Å². The Morgan fingerprint density at radius 2 is 2.21 bits per heavy atom. The molecule has 1 aromatic heterocycles. The van der Waals surface area contributed by atoms with Crippen LogP contribution < -0.4 is 5.32 Å². The van der Waals surface area contributed by atoms with Crippen LogP contribution in [0.1, 0.15) is 45.6 Å². The maximum atomic E-state index is 12.5. The van der Waals surface area contributed by atoms with E-state index in [4.69, 9.17) is 11.6 Å². The maximum Gasteiger partial charge on any atom is 0.257 e. The molecule has 2 aliphatic carbocycles. The van der Waals surface area contributed by atoms with Gasteiger partial charge in [-0.3, -0.25) is 4.79 Å². The molecule has 5 rings (SSSR count). The quantitative estimate of drug-likeness (QED) is 0.821. The third-order valence-corrected chi connectivity index (χ3v) is 5.93. The molecular weight excluding hydrogens is 378 g/mol. The Bertz CT molecular complexity index is 1040. The summed E-state index contributed by atoms with van der Waals surface area (Å²) >= 11 is 6.11. The number of benzene rings is 1. The number of β-amino-alcohol motifs (C(OH)–C–C–N with tert-alkyl or cyclic N) is 1. The normalized spacial score (nSPS) is 21.2. The highest BCUT2D eigenvalue weighted by atomic mass is 35.5. The van der Waals surface area contributed by atoms with Crippen LogP contribution in [0.2, 0.25) is 5.02 Å². The summed E-state index contributed by atoms with van der Waals surface area (Å²) in [6, 6.07) is 5.88. The number of hydrogen-bond donors (Lipinski definition) is 2. The summed E-state index contributed by atoms with van der Waals surface area (Å²) in [4.78, 5) is 23.0. The van der Waals surface area contributed by atoms with Crippen molar-refractivity contribution >= 4 is 23.5 Å². The monoisotopic (exact) mass is 395 g/mol. The van der Waals surface area contributed by atoms with Gasteiger partial charge < -0.3 is 15.3 Å². The zero-order chi connectivity index (χ0) is 19.5. The van der Waals surface area contributed by atoms with Crippen LogP contribution in [0.3, 0.4) is 0 Å². The van der Waals surface area contributed by atoms with Crippen LogP contribution in [0, 0.1) is 11.3 Å². The highest BCUT2D eigenvalue weighted by molar-refractivity contribution is 6.30. The van der Waals surface area contributed by atoms with Crippen molar-refractivity contribution < 1.29 is 9.90 Å². The van der Waals surface area contributed by atoms with Gasteiger partial charge in [-0.25, -0.2) is 9.97 Å². The minimum atomic E-state index is -0.721. The second-order valence-electron chi connectivity index (χ2n) is 7.89. The van der Waals surface area contributed by atoms with Crippen molar-refractivity contribution in [3.8, 4) is 6.07 Å². The fourth-order valence-electron chi connectivity index (χ4n) is 4.08. The van der Waals surface area contributed by atoms with Gasteiger partial charge in [0.2, 0.25) is 5.95 Å². The van der Waals surface area contributed by atoms with Crippen molar-refractivity contribution in [1.82, 2.24) is 14.9 Å². The predicted octanol–water partition coefficient (Wildman–Crippen LogP) is 2.06. The highest BCUT2D eigenvalue weighted by Gasteiger charge is 2.44. The van der Waals surface area contributed by atoms with Gasteiger partial charge in [-0.1, -0.05) is 11.6 Å². The molecule has 2 N–H and O–H groups in total. The zero-order valence-corrected chi connectivity index (χ0v) is 15.8. The number of aromatic nitrogens is 2. The lowest BCUT2D eigenvalue weighted by molar-refractivity contribution is 0.0589. The Kier molecular flexibility index (Phi) is 3.83. The Morgan fingerprint density at radius 1 is 1.39 bits per heavy atom. The number of nitrogens with zero attached hydrogens (tertiary/aromatic N) is 4. The lowest BCUT2D eigenvalue weighted by Gasteiger charge is -2.18. The van der Waals surface area contributed by atoms with Gasteiger partial charge in [-0.05, 0) is 48.9 Å². The van der Waals surface area contributed by atoms with E-state index in [1.54, 1.807) is 17.2 Å². The van der Waals surface area contributed by atoms with Gasteiger partial charge >= 0.3 is 0 Å². The minimum absolute atomic E-state index is 0.0685. The number of aliphatic hydroxyl groups is 1. The molecule has 0 saturated heterocycles. The molecule has 1 aromatic carbocycles. The highest BCUT2D eigenvalue weighted by Crippen LogP contribution is 2.37. The van der Waals surface area contributed by atoms with Crippen LogP contribution in [-0.2, 0) is 19.4 Å². The summed E-state index contributed by atoms with van der Waals surface area (Å²) in [6.07, 6.45) is 4.48. The number of anilines is 1. The number of hydrogen-bond acceptors (Lipinski definition) is 6. The van der Waals surface area contributed by atoms with Gasteiger partial charge in [0.05, 0.1) is 41.6 Å². The molecule has 0 spiro atoms. The molecule has 0 bridgehead atoms. The molecule has 1 aliphatic heterocycles. The lowest BCUT2D eigenvalue weighted by atomic mass is 10.0. The first-order valence-electron chi connectivity index (χ1n) is 9.30. The predicted molar refractivity (Wildman–Crippen MR) is 102 cm³/mol. The summed E-state index contributed by atoms with van der Waals surface area (Å²) in [7, 11) is 0. The van der Waals surface area contributed by atoms with E-state index in [0.717, 1.165) is 30.4 Å². The maximum absolute atomic E-state index is 12.5. The van der Waals surface area contributed by atoms with Gasteiger partial charge in [0, 0.05) is 17.3 Å². The molecule has 1 fully saturated rings.